The first kappa shape index (κ1) is 10.8. The van der Waals surface area contributed by atoms with Crippen LogP contribution < -0.4 is 5.32 Å². The maximum atomic E-state index is 3.70. The Labute approximate surface area is 92.4 Å². The van der Waals surface area contributed by atoms with Crippen LogP contribution in [0.4, 0.5) is 0 Å². The van der Waals surface area contributed by atoms with Crippen molar-refractivity contribution < 1.29 is 0 Å². The summed E-state index contributed by atoms with van der Waals surface area (Å²) in [6, 6.07) is 0. The minimum Gasteiger partial charge on any atom is -0.305 e. The van der Waals surface area contributed by atoms with E-state index in [1.54, 1.807) is 0 Å². The van der Waals surface area contributed by atoms with Crippen molar-refractivity contribution in [2.24, 2.45) is 11.8 Å². The molecular weight excluding hydrogens is 190 g/mol. The number of rotatable bonds is 1. The minimum atomic E-state index is 0.770. The van der Waals surface area contributed by atoms with Crippen LogP contribution in [0, 0.1) is 11.8 Å². The Kier molecular flexibility index (Phi) is 3.78. The van der Waals surface area contributed by atoms with Crippen molar-refractivity contribution in [2.75, 3.05) is 6.54 Å². The van der Waals surface area contributed by atoms with E-state index in [4.69, 9.17) is 0 Å². The summed E-state index contributed by atoms with van der Waals surface area (Å²) < 4.78 is 0. The van der Waals surface area contributed by atoms with Crippen LogP contribution in [0.5, 0.6) is 0 Å². The van der Waals surface area contributed by atoms with Gasteiger partial charge in [0, 0.05) is 5.25 Å². The van der Waals surface area contributed by atoms with Crippen molar-refractivity contribution >= 4 is 11.8 Å². The third kappa shape index (κ3) is 2.66. The topological polar surface area (TPSA) is 12.0 Å². The third-order valence-corrected chi connectivity index (χ3v) is 5.31. The molecule has 0 bridgehead atoms. The average molecular weight is 213 g/mol. The van der Waals surface area contributed by atoms with E-state index in [1.807, 2.05) is 0 Å². The Balaban J connectivity index is 1.82. The molecule has 1 saturated heterocycles. The standard InChI is InChI=1S/C12H23NS/c1-9-3-5-11(6-4-9)12-13-8-7-10(2)14-12/h9-13H,3-8H2,1-2H3. The van der Waals surface area contributed by atoms with Crippen molar-refractivity contribution in [3.05, 3.63) is 0 Å². The van der Waals surface area contributed by atoms with Crippen molar-refractivity contribution in [1.82, 2.24) is 5.32 Å². The summed E-state index contributed by atoms with van der Waals surface area (Å²) in [4.78, 5) is 0. The fourth-order valence-corrected chi connectivity index (χ4v) is 4.12. The van der Waals surface area contributed by atoms with E-state index in [0.29, 0.717) is 0 Å². The second-order valence-corrected chi connectivity index (χ2v) is 6.71. The molecule has 82 valence electrons. The van der Waals surface area contributed by atoms with Gasteiger partial charge in [-0.1, -0.05) is 26.7 Å². The van der Waals surface area contributed by atoms with Crippen LogP contribution in [0.3, 0.4) is 0 Å². The zero-order valence-electron chi connectivity index (χ0n) is 9.46. The Morgan fingerprint density at radius 1 is 1.00 bits per heavy atom. The molecular formula is C12H23NS. The fraction of sp³-hybridized carbons (Fsp3) is 1.00. The van der Waals surface area contributed by atoms with Crippen LogP contribution in [0.25, 0.3) is 0 Å². The van der Waals surface area contributed by atoms with Crippen molar-refractivity contribution in [3.8, 4) is 0 Å². The van der Waals surface area contributed by atoms with E-state index in [2.05, 4.69) is 30.9 Å². The van der Waals surface area contributed by atoms with Gasteiger partial charge in [0.2, 0.25) is 0 Å². The van der Waals surface area contributed by atoms with Gasteiger partial charge < -0.3 is 5.32 Å². The second-order valence-electron chi connectivity index (χ2n) is 5.13. The fourth-order valence-electron chi connectivity index (χ4n) is 2.66. The molecule has 2 rings (SSSR count). The van der Waals surface area contributed by atoms with E-state index in [-0.39, 0.29) is 0 Å². The normalized spacial score (nSPS) is 45.0. The second kappa shape index (κ2) is 4.89. The van der Waals surface area contributed by atoms with Gasteiger partial charge in [-0.3, -0.25) is 0 Å². The summed E-state index contributed by atoms with van der Waals surface area (Å²) in [6.07, 6.45) is 7.18. The highest BCUT2D eigenvalue weighted by Crippen LogP contribution is 2.37. The summed E-state index contributed by atoms with van der Waals surface area (Å²) in [5.74, 6) is 1.94. The highest BCUT2D eigenvalue weighted by molar-refractivity contribution is 8.00. The molecule has 1 heterocycles. The number of nitrogens with one attached hydrogen (secondary N) is 1. The maximum Gasteiger partial charge on any atom is 0.0563 e. The first-order chi connectivity index (χ1) is 6.75. The molecule has 0 aromatic heterocycles. The lowest BCUT2D eigenvalue weighted by atomic mass is 9.83. The molecule has 1 nitrogen and oxygen atoms in total. The van der Waals surface area contributed by atoms with Crippen LogP contribution in [0.15, 0.2) is 0 Å². The molecule has 2 heteroatoms. The van der Waals surface area contributed by atoms with Crippen LogP contribution >= 0.6 is 11.8 Å². The van der Waals surface area contributed by atoms with E-state index < -0.39 is 0 Å². The van der Waals surface area contributed by atoms with Gasteiger partial charge in [0.05, 0.1) is 5.37 Å². The molecule has 0 spiro atoms. The molecule has 14 heavy (non-hydrogen) atoms. The molecule has 2 aliphatic rings. The summed E-state index contributed by atoms with van der Waals surface area (Å²) in [6.45, 7) is 6.02. The Morgan fingerprint density at radius 2 is 1.71 bits per heavy atom. The molecule has 0 aromatic rings. The van der Waals surface area contributed by atoms with E-state index >= 15 is 0 Å². The molecule has 1 saturated carbocycles. The van der Waals surface area contributed by atoms with Crippen molar-refractivity contribution in [1.29, 1.82) is 0 Å². The molecule has 0 aromatic carbocycles. The summed E-state index contributed by atoms with van der Waals surface area (Å²) >= 11 is 2.18. The predicted octanol–water partition coefficient (Wildman–Crippen LogP) is 3.25. The maximum absolute atomic E-state index is 3.70. The molecule has 2 fully saturated rings. The highest BCUT2D eigenvalue weighted by atomic mass is 32.2. The van der Waals surface area contributed by atoms with E-state index in [9.17, 15) is 0 Å². The number of thioether (sulfide) groups is 1. The van der Waals surface area contributed by atoms with Gasteiger partial charge in [-0.05, 0) is 37.6 Å². The summed E-state index contributed by atoms with van der Waals surface area (Å²) in [7, 11) is 0. The predicted molar refractivity (Wildman–Crippen MR) is 64.6 cm³/mol. The minimum absolute atomic E-state index is 0.770. The monoisotopic (exact) mass is 213 g/mol. The van der Waals surface area contributed by atoms with Crippen LogP contribution in [0.1, 0.15) is 46.0 Å². The SMILES string of the molecule is CC1CCC(C2NCCC(C)S2)CC1. The number of hydrogen-bond acceptors (Lipinski definition) is 2. The van der Waals surface area contributed by atoms with Crippen LogP contribution in [-0.2, 0) is 0 Å². The van der Waals surface area contributed by atoms with Gasteiger partial charge in [-0.2, -0.15) is 0 Å². The summed E-state index contributed by atoms with van der Waals surface area (Å²) in [5.41, 5.74) is 0. The lowest BCUT2D eigenvalue weighted by molar-refractivity contribution is 0.266. The van der Waals surface area contributed by atoms with Gasteiger partial charge in [0.15, 0.2) is 0 Å². The smallest absolute Gasteiger partial charge is 0.0563 e. The largest absolute Gasteiger partial charge is 0.305 e. The Bertz CT molecular complexity index is 175. The zero-order chi connectivity index (χ0) is 9.97. The molecule has 0 amide bonds. The lowest BCUT2D eigenvalue weighted by Crippen LogP contribution is -2.41. The van der Waals surface area contributed by atoms with E-state index in [1.165, 1.54) is 38.6 Å². The average Bonchev–Trinajstić information content (AvgIpc) is 2.19. The zero-order valence-corrected chi connectivity index (χ0v) is 10.3. The summed E-state index contributed by atoms with van der Waals surface area (Å²) in [5, 5.41) is 5.34. The first-order valence-corrected chi connectivity index (χ1v) is 7.09. The highest BCUT2D eigenvalue weighted by Gasteiger charge is 2.29. The molecule has 1 aliphatic heterocycles. The number of hydrogen-bond donors (Lipinski definition) is 1. The van der Waals surface area contributed by atoms with E-state index in [0.717, 1.165) is 22.5 Å². The van der Waals surface area contributed by atoms with Crippen LogP contribution in [-0.4, -0.2) is 17.2 Å². The van der Waals surface area contributed by atoms with Crippen molar-refractivity contribution in [2.45, 2.75) is 56.6 Å². The quantitative estimate of drug-likeness (QED) is 0.717. The van der Waals surface area contributed by atoms with Gasteiger partial charge in [-0.15, -0.1) is 11.8 Å². The molecule has 1 aliphatic carbocycles. The van der Waals surface area contributed by atoms with Gasteiger partial charge in [-0.25, -0.2) is 0 Å². The molecule has 1 N–H and O–H groups in total. The van der Waals surface area contributed by atoms with Crippen molar-refractivity contribution in [3.63, 3.8) is 0 Å². The first-order valence-electron chi connectivity index (χ1n) is 6.14. The molecule has 2 atom stereocenters. The lowest BCUT2D eigenvalue weighted by Gasteiger charge is -2.37. The third-order valence-electron chi connectivity index (χ3n) is 3.76. The van der Waals surface area contributed by atoms with Gasteiger partial charge >= 0.3 is 0 Å². The molecule has 2 unspecified atom stereocenters. The van der Waals surface area contributed by atoms with Gasteiger partial charge in [0.25, 0.3) is 0 Å². The van der Waals surface area contributed by atoms with Gasteiger partial charge in [0.1, 0.15) is 0 Å². The Morgan fingerprint density at radius 3 is 2.36 bits per heavy atom. The molecule has 0 radical (unpaired) electrons. The Hall–Kier alpha value is 0.310. The van der Waals surface area contributed by atoms with Crippen LogP contribution in [0.2, 0.25) is 0 Å².